The van der Waals surface area contributed by atoms with Crippen molar-refractivity contribution in [2.24, 2.45) is 0 Å². The molecular weight excluding hydrogens is 340 g/mol. The van der Waals surface area contributed by atoms with Crippen molar-refractivity contribution in [3.8, 4) is 0 Å². The van der Waals surface area contributed by atoms with Gasteiger partial charge in [0.25, 0.3) is 5.91 Å². The number of esters is 1. The van der Waals surface area contributed by atoms with Gasteiger partial charge in [0.05, 0.1) is 17.9 Å². The molecule has 0 saturated heterocycles. The lowest BCUT2D eigenvalue weighted by atomic mass is 10.0. The summed E-state index contributed by atoms with van der Waals surface area (Å²) >= 11 is 0. The van der Waals surface area contributed by atoms with Gasteiger partial charge in [0.2, 0.25) is 0 Å². The van der Waals surface area contributed by atoms with Crippen LogP contribution < -0.4 is 5.32 Å². The quantitative estimate of drug-likeness (QED) is 0.712. The van der Waals surface area contributed by atoms with E-state index in [9.17, 15) is 9.59 Å². The van der Waals surface area contributed by atoms with Crippen molar-refractivity contribution >= 4 is 28.3 Å². The van der Waals surface area contributed by atoms with Gasteiger partial charge >= 0.3 is 5.97 Å². The third-order valence-electron chi connectivity index (χ3n) is 4.94. The Morgan fingerprint density at radius 3 is 2.59 bits per heavy atom. The van der Waals surface area contributed by atoms with Crippen LogP contribution in [0.2, 0.25) is 0 Å². The molecule has 27 heavy (non-hydrogen) atoms. The highest BCUT2D eigenvalue weighted by molar-refractivity contribution is 6.10. The van der Waals surface area contributed by atoms with E-state index in [-0.39, 0.29) is 11.6 Å². The number of rotatable bonds is 4. The summed E-state index contributed by atoms with van der Waals surface area (Å²) in [6, 6.07) is 13.4. The first-order valence-electron chi connectivity index (χ1n) is 9.08. The smallest absolute Gasteiger partial charge is 0.339 e. The molecule has 0 atom stereocenters. The Bertz CT molecular complexity index is 1060. The Hall–Kier alpha value is -3.21. The molecule has 0 radical (unpaired) electrons. The number of aryl methyl sites for hydroxylation is 3. The third-order valence-corrected chi connectivity index (χ3v) is 4.94. The summed E-state index contributed by atoms with van der Waals surface area (Å²) in [5.74, 6) is -0.728. The standard InChI is InChI=1S/C22H20N2O3/c1-3-27-22(26)16-10-12-19(23-13(16)2)21(25)24-18-11-9-15-8-7-14-5-4-6-17(18)20(14)15/h4-6,9-12H,3,7-8H2,1-2H3,(H,24,25). The molecule has 5 nitrogen and oxygen atoms in total. The number of amides is 1. The molecule has 1 aromatic heterocycles. The van der Waals surface area contributed by atoms with Gasteiger partial charge in [-0.25, -0.2) is 9.78 Å². The molecular formula is C22H20N2O3. The van der Waals surface area contributed by atoms with E-state index >= 15 is 0 Å². The van der Waals surface area contributed by atoms with Gasteiger partial charge in [0, 0.05) is 11.1 Å². The van der Waals surface area contributed by atoms with Crippen molar-refractivity contribution in [3.05, 3.63) is 70.5 Å². The zero-order valence-corrected chi connectivity index (χ0v) is 15.3. The molecule has 2 aromatic carbocycles. The predicted octanol–water partition coefficient (Wildman–Crippen LogP) is 4.07. The maximum atomic E-state index is 12.7. The largest absolute Gasteiger partial charge is 0.462 e. The molecule has 0 fully saturated rings. The molecule has 1 aliphatic rings. The highest BCUT2D eigenvalue weighted by atomic mass is 16.5. The van der Waals surface area contributed by atoms with Gasteiger partial charge in [0.1, 0.15) is 5.69 Å². The lowest BCUT2D eigenvalue weighted by Gasteiger charge is -2.11. The summed E-state index contributed by atoms with van der Waals surface area (Å²) in [6.45, 7) is 3.74. The van der Waals surface area contributed by atoms with Gasteiger partial charge in [-0.05, 0) is 61.4 Å². The summed E-state index contributed by atoms with van der Waals surface area (Å²) in [5.41, 5.74) is 4.54. The highest BCUT2D eigenvalue weighted by Gasteiger charge is 2.18. The van der Waals surface area contributed by atoms with Crippen molar-refractivity contribution in [2.45, 2.75) is 26.7 Å². The van der Waals surface area contributed by atoms with Crippen LogP contribution in [0, 0.1) is 6.92 Å². The zero-order chi connectivity index (χ0) is 19.0. The number of hydrogen-bond acceptors (Lipinski definition) is 4. The molecule has 3 aromatic rings. The van der Waals surface area contributed by atoms with Gasteiger partial charge in [-0.3, -0.25) is 4.79 Å². The number of aromatic nitrogens is 1. The topological polar surface area (TPSA) is 68.3 Å². The second-order valence-corrected chi connectivity index (χ2v) is 6.62. The number of hydrogen-bond donors (Lipinski definition) is 1. The number of carbonyl (C=O) groups is 2. The summed E-state index contributed by atoms with van der Waals surface area (Å²) < 4.78 is 5.00. The zero-order valence-electron chi connectivity index (χ0n) is 15.3. The summed E-state index contributed by atoms with van der Waals surface area (Å²) in [6.07, 6.45) is 2.08. The Morgan fingerprint density at radius 1 is 1.07 bits per heavy atom. The average Bonchev–Trinajstić information content (AvgIpc) is 3.09. The van der Waals surface area contributed by atoms with Crippen molar-refractivity contribution < 1.29 is 14.3 Å². The molecule has 1 N–H and O–H groups in total. The maximum Gasteiger partial charge on any atom is 0.339 e. The van der Waals surface area contributed by atoms with E-state index in [1.165, 1.54) is 16.5 Å². The van der Waals surface area contributed by atoms with E-state index < -0.39 is 5.97 Å². The van der Waals surface area contributed by atoms with Crippen LogP contribution in [0.25, 0.3) is 10.8 Å². The predicted molar refractivity (Wildman–Crippen MR) is 104 cm³/mol. The van der Waals surface area contributed by atoms with Crippen LogP contribution in [0.5, 0.6) is 0 Å². The molecule has 0 spiro atoms. The van der Waals surface area contributed by atoms with E-state index in [4.69, 9.17) is 4.74 Å². The van der Waals surface area contributed by atoms with Crippen LogP contribution in [0.1, 0.15) is 44.6 Å². The Labute approximate surface area is 157 Å². The molecule has 0 unspecified atom stereocenters. The Balaban J connectivity index is 1.63. The lowest BCUT2D eigenvalue weighted by Crippen LogP contribution is -2.16. The van der Waals surface area contributed by atoms with E-state index in [2.05, 4.69) is 22.4 Å². The second-order valence-electron chi connectivity index (χ2n) is 6.62. The highest BCUT2D eigenvalue weighted by Crippen LogP contribution is 2.35. The fraction of sp³-hybridized carbons (Fsp3) is 0.227. The van der Waals surface area contributed by atoms with Gasteiger partial charge in [0.15, 0.2) is 0 Å². The van der Waals surface area contributed by atoms with E-state index in [0.29, 0.717) is 17.9 Å². The normalized spacial score (nSPS) is 12.2. The fourth-order valence-electron chi connectivity index (χ4n) is 3.65. The number of benzene rings is 2. The third kappa shape index (κ3) is 3.05. The maximum absolute atomic E-state index is 12.7. The fourth-order valence-corrected chi connectivity index (χ4v) is 3.65. The monoisotopic (exact) mass is 360 g/mol. The van der Waals surface area contributed by atoms with E-state index in [1.807, 2.05) is 18.2 Å². The van der Waals surface area contributed by atoms with Crippen molar-refractivity contribution in [1.82, 2.24) is 4.98 Å². The van der Waals surface area contributed by atoms with Crippen molar-refractivity contribution in [3.63, 3.8) is 0 Å². The van der Waals surface area contributed by atoms with Gasteiger partial charge in [-0.15, -0.1) is 0 Å². The summed E-state index contributed by atoms with van der Waals surface area (Å²) in [4.78, 5) is 28.9. The molecule has 0 saturated carbocycles. The first-order chi connectivity index (χ1) is 13.1. The van der Waals surface area contributed by atoms with Crippen LogP contribution in [0.3, 0.4) is 0 Å². The molecule has 1 heterocycles. The number of ether oxygens (including phenoxy) is 1. The van der Waals surface area contributed by atoms with Gasteiger partial charge in [-0.1, -0.05) is 24.3 Å². The van der Waals surface area contributed by atoms with Gasteiger partial charge < -0.3 is 10.1 Å². The minimum atomic E-state index is -0.429. The molecule has 0 bridgehead atoms. The molecule has 1 amide bonds. The Morgan fingerprint density at radius 2 is 1.85 bits per heavy atom. The second kappa shape index (κ2) is 6.83. The number of nitrogens with zero attached hydrogens (tertiary/aromatic N) is 1. The minimum absolute atomic E-state index is 0.267. The molecule has 4 rings (SSSR count). The molecule has 5 heteroatoms. The van der Waals surface area contributed by atoms with E-state index in [0.717, 1.165) is 23.9 Å². The van der Waals surface area contributed by atoms with Crippen LogP contribution in [0.15, 0.2) is 42.5 Å². The lowest BCUT2D eigenvalue weighted by molar-refractivity contribution is 0.0524. The van der Waals surface area contributed by atoms with E-state index in [1.54, 1.807) is 26.0 Å². The van der Waals surface area contributed by atoms with Crippen molar-refractivity contribution in [1.29, 1.82) is 0 Å². The van der Waals surface area contributed by atoms with Crippen LogP contribution in [-0.4, -0.2) is 23.5 Å². The number of nitrogens with one attached hydrogen (secondary N) is 1. The molecule has 1 aliphatic carbocycles. The van der Waals surface area contributed by atoms with Crippen LogP contribution >= 0.6 is 0 Å². The first-order valence-corrected chi connectivity index (χ1v) is 9.08. The van der Waals surface area contributed by atoms with Crippen LogP contribution in [0.4, 0.5) is 5.69 Å². The minimum Gasteiger partial charge on any atom is -0.462 e. The SMILES string of the molecule is CCOC(=O)c1ccc(C(=O)Nc2ccc3c4c(cccc24)CC3)nc1C. The molecule has 0 aliphatic heterocycles. The summed E-state index contributed by atoms with van der Waals surface area (Å²) in [5, 5.41) is 5.27. The first kappa shape index (κ1) is 17.2. The van der Waals surface area contributed by atoms with Gasteiger partial charge in [-0.2, -0.15) is 0 Å². The number of carbonyl (C=O) groups excluding carboxylic acids is 2. The van der Waals surface area contributed by atoms with Crippen molar-refractivity contribution in [2.75, 3.05) is 11.9 Å². The average molecular weight is 360 g/mol. The summed E-state index contributed by atoms with van der Waals surface area (Å²) in [7, 11) is 0. The number of pyridine rings is 1. The Kier molecular flexibility index (Phi) is 4.36. The molecule has 136 valence electrons. The number of anilines is 1. The van der Waals surface area contributed by atoms with Crippen LogP contribution in [-0.2, 0) is 17.6 Å².